The molecule has 4 rings (SSSR count). The molecule has 2 atom stereocenters. The van der Waals surface area contributed by atoms with Crippen molar-refractivity contribution in [3.8, 4) is 11.1 Å². The van der Waals surface area contributed by atoms with Crippen LogP contribution < -0.4 is 20.8 Å². The zero-order valence-corrected chi connectivity index (χ0v) is 22.8. The smallest absolute Gasteiger partial charge is 0.319 e. The van der Waals surface area contributed by atoms with E-state index in [4.69, 9.17) is 4.74 Å². The largest absolute Gasteiger partial charge is 0.383 e. The molecule has 206 valence electrons. The molecule has 1 heterocycles. The van der Waals surface area contributed by atoms with Crippen molar-refractivity contribution in [2.24, 2.45) is 0 Å². The van der Waals surface area contributed by atoms with Crippen LogP contribution in [0.4, 0.5) is 29.3 Å². The molecular formula is C28H29F3N3O4P. The number of carbonyl (C=O) groups excluding carboxylic acids is 2. The van der Waals surface area contributed by atoms with Gasteiger partial charge in [0, 0.05) is 18.0 Å². The summed E-state index contributed by atoms with van der Waals surface area (Å²) in [5, 5.41) is 5.27. The molecule has 1 aliphatic rings. The lowest BCUT2D eigenvalue weighted by molar-refractivity contribution is -0.118. The van der Waals surface area contributed by atoms with Crippen molar-refractivity contribution < 1.29 is 32.1 Å². The van der Waals surface area contributed by atoms with Crippen LogP contribution >= 0.6 is 7.14 Å². The molecule has 7 nitrogen and oxygen atoms in total. The van der Waals surface area contributed by atoms with Crippen LogP contribution in [-0.2, 0) is 14.1 Å². The number of ether oxygens (including phenoxy) is 1. The lowest BCUT2D eigenvalue weighted by Crippen LogP contribution is -2.44. The molecule has 2 N–H and O–H groups in total. The number of nitrogens with zero attached hydrogens (tertiary/aromatic N) is 1. The van der Waals surface area contributed by atoms with E-state index in [0.29, 0.717) is 16.4 Å². The fraction of sp³-hybridized carbons (Fsp3) is 0.286. The third-order valence-corrected chi connectivity index (χ3v) is 8.09. The average Bonchev–Trinajstić information content (AvgIpc) is 3.16. The van der Waals surface area contributed by atoms with Crippen LogP contribution in [0, 0.1) is 24.4 Å². The number of rotatable bonds is 7. The maximum absolute atomic E-state index is 15.5. The Morgan fingerprint density at radius 2 is 1.77 bits per heavy atom. The minimum absolute atomic E-state index is 0.00136. The van der Waals surface area contributed by atoms with Gasteiger partial charge in [-0.25, -0.2) is 18.0 Å². The molecule has 1 saturated heterocycles. The summed E-state index contributed by atoms with van der Waals surface area (Å²) < 4.78 is 63.1. The SMILES string of the molecule is COC[C@@H]1C[C@@H](NC(=O)Nc2ccc(C)cc2F)C(=O)N1c1ccc(-c2ccccc2P(C)(C)=O)c(F)c1F. The van der Waals surface area contributed by atoms with Gasteiger partial charge in [0.05, 0.1) is 24.0 Å². The predicted molar refractivity (Wildman–Crippen MR) is 146 cm³/mol. The van der Waals surface area contributed by atoms with Crippen LogP contribution in [0.2, 0.25) is 0 Å². The van der Waals surface area contributed by atoms with Crippen molar-refractivity contribution >= 4 is 35.8 Å². The summed E-state index contributed by atoms with van der Waals surface area (Å²) in [6.45, 7) is 4.79. The van der Waals surface area contributed by atoms with Gasteiger partial charge in [-0.1, -0.05) is 30.3 Å². The summed E-state index contributed by atoms with van der Waals surface area (Å²) in [4.78, 5) is 26.9. The highest BCUT2D eigenvalue weighted by atomic mass is 31.2. The molecule has 11 heteroatoms. The molecule has 1 aliphatic heterocycles. The van der Waals surface area contributed by atoms with E-state index in [1.54, 1.807) is 50.6 Å². The van der Waals surface area contributed by atoms with Gasteiger partial charge in [0.25, 0.3) is 0 Å². The molecule has 39 heavy (non-hydrogen) atoms. The lowest BCUT2D eigenvalue weighted by atomic mass is 10.0. The van der Waals surface area contributed by atoms with E-state index in [1.165, 1.54) is 31.4 Å². The summed E-state index contributed by atoms with van der Waals surface area (Å²) in [5.41, 5.74) is 0.506. The highest BCUT2D eigenvalue weighted by Crippen LogP contribution is 2.41. The third-order valence-electron chi connectivity index (χ3n) is 6.54. The van der Waals surface area contributed by atoms with Gasteiger partial charge in [-0.05, 0) is 62.1 Å². The fourth-order valence-corrected chi connectivity index (χ4v) is 5.96. The van der Waals surface area contributed by atoms with Crippen LogP contribution in [0.25, 0.3) is 11.1 Å². The Balaban J connectivity index is 1.62. The maximum Gasteiger partial charge on any atom is 0.319 e. The first kappa shape index (κ1) is 28.4. The number of urea groups is 1. The lowest BCUT2D eigenvalue weighted by Gasteiger charge is -2.25. The Morgan fingerprint density at radius 1 is 1.05 bits per heavy atom. The first-order chi connectivity index (χ1) is 18.4. The van der Waals surface area contributed by atoms with Gasteiger partial charge in [0.2, 0.25) is 5.91 Å². The van der Waals surface area contributed by atoms with E-state index in [9.17, 15) is 18.5 Å². The number of methoxy groups -OCH3 is 1. The van der Waals surface area contributed by atoms with E-state index in [1.807, 2.05) is 0 Å². The molecule has 0 radical (unpaired) electrons. The fourth-order valence-electron chi connectivity index (χ4n) is 4.74. The minimum Gasteiger partial charge on any atom is -0.383 e. The van der Waals surface area contributed by atoms with Crippen molar-refractivity contribution in [3.63, 3.8) is 0 Å². The third kappa shape index (κ3) is 5.87. The number of benzene rings is 3. The second-order valence-electron chi connectivity index (χ2n) is 9.82. The normalized spacial score (nSPS) is 17.4. The molecule has 0 spiro atoms. The van der Waals surface area contributed by atoms with Crippen molar-refractivity contribution in [1.29, 1.82) is 0 Å². The summed E-state index contributed by atoms with van der Waals surface area (Å²) >= 11 is 0. The molecule has 3 amide bonds. The van der Waals surface area contributed by atoms with E-state index in [0.717, 1.165) is 4.90 Å². The number of aryl methyl sites for hydroxylation is 1. The first-order valence-electron chi connectivity index (χ1n) is 12.2. The van der Waals surface area contributed by atoms with Gasteiger partial charge in [-0.3, -0.25) is 4.79 Å². The summed E-state index contributed by atoms with van der Waals surface area (Å²) in [5.74, 6) is -3.76. The number of hydrogen-bond donors (Lipinski definition) is 2. The number of anilines is 2. The minimum atomic E-state index is -2.81. The highest BCUT2D eigenvalue weighted by molar-refractivity contribution is 7.70. The molecule has 3 aromatic carbocycles. The zero-order valence-electron chi connectivity index (χ0n) is 21.9. The number of amides is 3. The maximum atomic E-state index is 15.5. The molecule has 3 aromatic rings. The van der Waals surface area contributed by atoms with Gasteiger partial charge in [0.15, 0.2) is 11.6 Å². The predicted octanol–water partition coefficient (Wildman–Crippen LogP) is 5.27. The number of nitrogens with one attached hydrogen (secondary N) is 2. The molecule has 0 aromatic heterocycles. The summed E-state index contributed by atoms with van der Waals surface area (Å²) in [6, 6.07) is 10.8. The number of carbonyl (C=O) groups is 2. The number of halogens is 3. The van der Waals surface area contributed by atoms with Crippen molar-refractivity contribution in [1.82, 2.24) is 5.32 Å². The molecule has 0 bridgehead atoms. The van der Waals surface area contributed by atoms with Crippen LogP contribution in [0.5, 0.6) is 0 Å². The number of hydrogen-bond acceptors (Lipinski definition) is 4. The molecule has 0 aliphatic carbocycles. The Bertz CT molecular complexity index is 1480. The Morgan fingerprint density at radius 3 is 2.44 bits per heavy atom. The van der Waals surface area contributed by atoms with Crippen LogP contribution in [-0.4, -0.2) is 51.1 Å². The molecule has 0 unspecified atom stereocenters. The van der Waals surface area contributed by atoms with Crippen LogP contribution in [0.1, 0.15) is 12.0 Å². The highest BCUT2D eigenvalue weighted by Gasteiger charge is 2.43. The average molecular weight is 560 g/mol. The molecule has 1 fully saturated rings. The summed E-state index contributed by atoms with van der Waals surface area (Å²) in [7, 11) is -1.41. The second kappa shape index (κ2) is 11.2. The Hall–Kier alpha value is -3.62. The standard InChI is InChI=1S/C28H29F3N3O4P/c1-16-9-11-21(20(29)13-16)32-28(36)33-22-14-17(15-38-2)34(27(22)35)23-12-10-19(25(30)26(23)31)18-7-5-6-8-24(18)39(3,4)37/h5-13,17,22H,14-15H2,1-4H3,(H2,32,33,36)/t17-,22+/m0/s1. The van der Waals surface area contributed by atoms with Gasteiger partial charge in [0.1, 0.15) is 19.0 Å². The van der Waals surface area contributed by atoms with E-state index >= 15 is 8.78 Å². The molecule has 0 saturated carbocycles. The summed E-state index contributed by atoms with van der Waals surface area (Å²) in [6.07, 6.45) is 0.0525. The van der Waals surface area contributed by atoms with Gasteiger partial charge >= 0.3 is 6.03 Å². The van der Waals surface area contributed by atoms with Crippen LogP contribution in [0.15, 0.2) is 54.6 Å². The van der Waals surface area contributed by atoms with Crippen LogP contribution in [0.3, 0.4) is 0 Å². The van der Waals surface area contributed by atoms with E-state index < -0.39 is 48.6 Å². The quantitative estimate of drug-likeness (QED) is 0.386. The van der Waals surface area contributed by atoms with Gasteiger partial charge in [-0.15, -0.1) is 0 Å². The first-order valence-corrected chi connectivity index (χ1v) is 14.8. The van der Waals surface area contributed by atoms with Crippen molar-refractivity contribution in [2.75, 3.05) is 37.3 Å². The Kier molecular flexibility index (Phi) is 8.18. The van der Waals surface area contributed by atoms with E-state index in [-0.39, 0.29) is 30.0 Å². The zero-order chi connectivity index (χ0) is 28.5. The Labute approximate surface area is 224 Å². The van der Waals surface area contributed by atoms with Gasteiger partial charge < -0.3 is 24.8 Å². The van der Waals surface area contributed by atoms with Crippen molar-refractivity contribution in [2.45, 2.75) is 25.4 Å². The molecular weight excluding hydrogens is 530 g/mol. The monoisotopic (exact) mass is 559 g/mol. The second-order valence-corrected chi connectivity index (χ2v) is 13.0. The van der Waals surface area contributed by atoms with E-state index in [2.05, 4.69) is 10.6 Å². The van der Waals surface area contributed by atoms with Gasteiger partial charge in [-0.2, -0.15) is 0 Å². The topological polar surface area (TPSA) is 87.7 Å². The van der Waals surface area contributed by atoms with Crippen molar-refractivity contribution in [3.05, 3.63) is 77.6 Å².